The number of halogens is 1. The first-order chi connectivity index (χ1) is 9.36. The Labute approximate surface area is 121 Å². The van der Waals surface area contributed by atoms with E-state index in [2.05, 4.69) is 5.32 Å². The van der Waals surface area contributed by atoms with Crippen LogP contribution in [0.4, 0.5) is 0 Å². The van der Waals surface area contributed by atoms with Crippen molar-refractivity contribution in [3.63, 3.8) is 0 Å². The summed E-state index contributed by atoms with van der Waals surface area (Å²) in [6.45, 7) is 2.83. The van der Waals surface area contributed by atoms with Crippen LogP contribution in [0.2, 0.25) is 0 Å². The Morgan fingerprint density at radius 1 is 1.16 bits per heavy atom. The number of ether oxygens (including phenoxy) is 1. The van der Waals surface area contributed by atoms with Gasteiger partial charge >= 0.3 is 0 Å². The van der Waals surface area contributed by atoms with Gasteiger partial charge in [0.1, 0.15) is 5.75 Å². The highest BCUT2D eigenvalue weighted by molar-refractivity contribution is 6.20. The fraction of sp³-hybridized carbons (Fsp3) is 0.625. The van der Waals surface area contributed by atoms with E-state index in [1.807, 2.05) is 30.3 Å². The zero-order valence-corrected chi connectivity index (χ0v) is 12.2. The Hall–Kier alpha value is -0.730. The summed E-state index contributed by atoms with van der Waals surface area (Å²) < 4.78 is 5.65. The first-order valence-corrected chi connectivity index (χ1v) is 7.82. The number of hydrogen-bond donors (Lipinski definition) is 1. The molecule has 0 heterocycles. The molecule has 2 atom stereocenters. The minimum Gasteiger partial charge on any atom is -0.494 e. The molecule has 1 aromatic carbocycles. The van der Waals surface area contributed by atoms with Gasteiger partial charge in [-0.3, -0.25) is 0 Å². The number of nitrogens with one attached hydrogen (secondary N) is 1. The molecule has 1 N–H and O–H groups in total. The van der Waals surface area contributed by atoms with Gasteiger partial charge in [-0.05, 0) is 50.4 Å². The number of para-hydroxylation sites is 1. The summed E-state index contributed by atoms with van der Waals surface area (Å²) in [5.41, 5.74) is 0. The predicted octanol–water partition coefficient (Wildman–Crippen LogP) is 3.84. The van der Waals surface area contributed by atoms with E-state index < -0.39 is 0 Å². The molecular weight excluding hydrogens is 258 g/mol. The topological polar surface area (TPSA) is 21.3 Å². The first-order valence-electron chi connectivity index (χ1n) is 7.39. The van der Waals surface area contributed by atoms with Gasteiger partial charge in [0.05, 0.1) is 6.61 Å². The van der Waals surface area contributed by atoms with Gasteiger partial charge in [-0.1, -0.05) is 31.0 Å². The van der Waals surface area contributed by atoms with E-state index in [0.717, 1.165) is 31.9 Å². The lowest BCUT2D eigenvalue weighted by Gasteiger charge is -2.27. The molecule has 2 rings (SSSR count). The molecule has 1 aromatic rings. The monoisotopic (exact) mass is 281 g/mol. The lowest BCUT2D eigenvalue weighted by molar-refractivity contribution is 0.300. The Bertz CT molecular complexity index is 344. The van der Waals surface area contributed by atoms with Crippen LogP contribution in [0.1, 0.15) is 32.1 Å². The van der Waals surface area contributed by atoms with Gasteiger partial charge in [0.15, 0.2) is 0 Å². The summed E-state index contributed by atoms with van der Waals surface area (Å²) in [7, 11) is 0. The van der Waals surface area contributed by atoms with Crippen LogP contribution in [0, 0.1) is 5.92 Å². The van der Waals surface area contributed by atoms with E-state index in [4.69, 9.17) is 16.3 Å². The molecule has 0 aliphatic heterocycles. The van der Waals surface area contributed by atoms with Crippen LogP contribution >= 0.6 is 11.6 Å². The zero-order chi connectivity index (χ0) is 13.3. The summed E-state index contributed by atoms with van der Waals surface area (Å²) >= 11 is 6.34. The summed E-state index contributed by atoms with van der Waals surface area (Å²) in [4.78, 5) is 0. The van der Waals surface area contributed by atoms with Crippen LogP contribution < -0.4 is 10.1 Å². The van der Waals surface area contributed by atoms with Gasteiger partial charge < -0.3 is 10.1 Å². The van der Waals surface area contributed by atoms with Crippen LogP contribution in [0.25, 0.3) is 0 Å². The predicted molar refractivity (Wildman–Crippen MR) is 81.0 cm³/mol. The number of benzene rings is 1. The number of alkyl halides is 1. The summed E-state index contributed by atoms with van der Waals surface area (Å²) in [5.74, 6) is 1.61. The molecular formula is C16H24ClNO. The molecule has 1 aliphatic carbocycles. The van der Waals surface area contributed by atoms with Crippen LogP contribution in [-0.2, 0) is 0 Å². The van der Waals surface area contributed by atoms with E-state index in [9.17, 15) is 0 Å². The third-order valence-electron chi connectivity index (χ3n) is 3.73. The second-order valence-electron chi connectivity index (χ2n) is 5.28. The molecule has 1 aliphatic rings. The van der Waals surface area contributed by atoms with Crippen molar-refractivity contribution in [1.29, 1.82) is 0 Å². The lowest BCUT2D eigenvalue weighted by Crippen LogP contribution is -2.32. The van der Waals surface area contributed by atoms with E-state index in [0.29, 0.717) is 11.3 Å². The van der Waals surface area contributed by atoms with Crippen LogP contribution in [0.5, 0.6) is 5.75 Å². The smallest absolute Gasteiger partial charge is 0.119 e. The number of hydrogen-bond acceptors (Lipinski definition) is 2. The molecule has 0 radical (unpaired) electrons. The average Bonchev–Trinajstić information content (AvgIpc) is 2.45. The molecule has 1 saturated carbocycles. The minimum atomic E-state index is 0.377. The van der Waals surface area contributed by atoms with Gasteiger partial charge in [-0.2, -0.15) is 0 Å². The van der Waals surface area contributed by atoms with E-state index >= 15 is 0 Å². The standard InChI is InChI=1S/C16H24ClNO/c17-16-10-5-4-7-14(16)13-18-11-6-12-19-15-8-2-1-3-9-15/h1-3,8-9,14,16,18H,4-7,10-13H2. The van der Waals surface area contributed by atoms with Gasteiger partial charge in [-0.25, -0.2) is 0 Å². The highest BCUT2D eigenvalue weighted by atomic mass is 35.5. The lowest BCUT2D eigenvalue weighted by atomic mass is 9.89. The molecule has 0 bridgehead atoms. The largest absolute Gasteiger partial charge is 0.494 e. The second-order valence-corrected chi connectivity index (χ2v) is 5.84. The highest BCUT2D eigenvalue weighted by Gasteiger charge is 2.22. The van der Waals surface area contributed by atoms with Gasteiger partial charge in [0, 0.05) is 5.38 Å². The van der Waals surface area contributed by atoms with Gasteiger partial charge in [-0.15, -0.1) is 11.6 Å². The normalized spacial score (nSPS) is 23.2. The molecule has 2 nitrogen and oxygen atoms in total. The highest BCUT2D eigenvalue weighted by Crippen LogP contribution is 2.27. The quantitative estimate of drug-likeness (QED) is 0.606. The molecule has 3 heteroatoms. The molecule has 0 aromatic heterocycles. The number of rotatable bonds is 7. The Balaban J connectivity index is 1.50. The third kappa shape index (κ3) is 5.42. The molecule has 19 heavy (non-hydrogen) atoms. The molecule has 106 valence electrons. The van der Waals surface area contributed by atoms with Crippen LogP contribution in [-0.4, -0.2) is 25.1 Å². The molecule has 2 unspecified atom stereocenters. The third-order valence-corrected chi connectivity index (χ3v) is 4.31. The zero-order valence-electron chi connectivity index (χ0n) is 11.5. The average molecular weight is 282 g/mol. The maximum absolute atomic E-state index is 6.34. The molecule has 0 saturated heterocycles. The summed E-state index contributed by atoms with van der Waals surface area (Å²) in [5, 5.41) is 3.88. The van der Waals surface area contributed by atoms with Crippen molar-refractivity contribution in [3.8, 4) is 5.75 Å². The van der Waals surface area contributed by atoms with Crippen LogP contribution in [0.15, 0.2) is 30.3 Å². The van der Waals surface area contributed by atoms with Crippen LogP contribution in [0.3, 0.4) is 0 Å². The molecule has 0 amide bonds. The van der Waals surface area contributed by atoms with Crippen molar-refractivity contribution in [3.05, 3.63) is 30.3 Å². The maximum Gasteiger partial charge on any atom is 0.119 e. The van der Waals surface area contributed by atoms with Crippen molar-refractivity contribution < 1.29 is 4.74 Å². The Morgan fingerprint density at radius 3 is 2.74 bits per heavy atom. The molecule has 0 spiro atoms. The second kappa shape index (κ2) is 8.44. The summed E-state index contributed by atoms with van der Waals surface area (Å²) in [6.07, 6.45) is 6.14. The first kappa shape index (κ1) is 14.7. The Morgan fingerprint density at radius 2 is 1.95 bits per heavy atom. The van der Waals surface area contributed by atoms with Crippen molar-refractivity contribution in [2.45, 2.75) is 37.5 Å². The maximum atomic E-state index is 6.34. The molecule has 1 fully saturated rings. The van der Waals surface area contributed by atoms with Crippen molar-refractivity contribution in [2.24, 2.45) is 5.92 Å². The van der Waals surface area contributed by atoms with E-state index in [1.54, 1.807) is 0 Å². The van der Waals surface area contributed by atoms with E-state index in [1.165, 1.54) is 25.7 Å². The fourth-order valence-electron chi connectivity index (χ4n) is 2.58. The SMILES string of the molecule is ClC1CCCCC1CNCCCOc1ccccc1. The van der Waals surface area contributed by atoms with Crippen molar-refractivity contribution in [1.82, 2.24) is 5.32 Å². The Kier molecular flexibility index (Phi) is 6.52. The van der Waals surface area contributed by atoms with Crippen molar-refractivity contribution >= 4 is 11.6 Å². The van der Waals surface area contributed by atoms with Crippen molar-refractivity contribution in [2.75, 3.05) is 19.7 Å². The van der Waals surface area contributed by atoms with Gasteiger partial charge in [0.25, 0.3) is 0 Å². The minimum absolute atomic E-state index is 0.377. The fourth-order valence-corrected chi connectivity index (χ4v) is 2.95. The van der Waals surface area contributed by atoms with Gasteiger partial charge in [0.2, 0.25) is 0 Å². The van der Waals surface area contributed by atoms with E-state index in [-0.39, 0.29) is 0 Å². The summed E-state index contributed by atoms with van der Waals surface area (Å²) in [6, 6.07) is 9.98.